The van der Waals surface area contributed by atoms with Gasteiger partial charge in [-0.2, -0.15) is 0 Å². The van der Waals surface area contributed by atoms with E-state index in [2.05, 4.69) is 15.3 Å². The molecule has 2 aromatic rings. The molecule has 2 unspecified atom stereocenters. The predicted molar refractivity (Wildman–Crippen MR) is 75.2 cm³/mol. The van der Waals surface area contributed by atoms with Gasteiger partial charge in [0, 0.05) is 12.7 Å². The van der Waals surface area contributed by atoms with Gasteiger partial charge >= 0.3 is 0 Å². The number of imidazole rings is 1. The van der Waals surface area contributed by atoms with Gasteiger partial charge in [-0.1, -0.05) is 0 Å². The summed E-state index contributed by atoms with van der Waals surface area (Å²) in [6, 6.07) is 1.49. The summed E-state index contributed by atoms with van der Waals surface area (Å²) in [6.07, 6.45) is 3.37. The average molecular weight is 281 g/mol. The zero-order valence-corrected chi connectivity index (χ0v) is 12.0. The third kappa shape index (κ3) is 2.56. The first kappa shape index (κ1) is 13.8. The topological polar surface area (TPSA) is 59.8 Å². The fourth-order valence-corrected chi connectivity index (χ4v) is 2.25. The van der Waals surface area contributed by atoms with Gasteiger partial charge in [0.15, 0.2) is 0 Å². The number of alkyl halides is 1. The van der Waals surface area contributed by atoms with Crippen molar-refractivity contribution < 1.29 is 4.79 Å². The predicted octanol–water partition coefficient (Wildman–Crippen LogP) is 2.43. The largest absolute Gasteiger partial charge is 0.355 e. The van der Waals surface area contributed by atoms with Crippen molar-refractivity contribution >= 4 is 28.5 Å². The molecule has 19 heavy (non-hydrogen) atoms. The van der Waals surface area contributed by atoms with Crippen LogP contribution in [0.5, 0.6) is 0 Å². The first-order chi connectivity index (χ1) is 9.06. The Labute approximate surface area is 117 Å². The third-order valence-electron chi connectivity index (χ3n) is 2.99. The van der Waals surface area contributed by atoms with E-state index in [9.17, 15) is 4.79 Å². The van der Waals surface area contributed by atoms with Crippen LogP contribution in [0.1, 0.15) is 38.0 Å². The number of hydrogen-bond donors (Lipinski definition) is 1. The summed E-state index contributed by atoms with van der Waals surface area (Å²) in [7, 11) is 0. The summed E-state index contributed by atoms with van der Waals surface area (Å²) in [5.74, 6) is 0.639. The van der Waals surface area contributed by atoms with Gasteiger partial charge < -0.3 is 9.88 Å². The molecule has 0 aromatic carbocycles. The second-order valence-electron chi connectivity index (χ2n) is 4.39. The molecule has 0 saturated carbocycles. The van der Waals surface area contributed by atoms with E-state index in [1.807, 2.05) is 31.4 Å². The molecule has 0 aliphatic heterocycles. The van der Waals surface area contributed by atoms with E-state index in [-0.39, 0.29) is 17.3 Å². The van der Waals surface area contributed by atoms with E-state index in [0.717, 1.165) is 11.0 Å². The highest BCUT2D eigenvalue weighted by Gasteiger charge is 2.23. The Balaban J connectivity index is 2.56. The zero-order chi connectivity index (χ0) is 14.0. The zero-order valence-electron chi connectivity index (χ0n) is 11.2. The van der Waals surface area contributed by atoms with Crippen molar-refractivity contribution in [3.05, 3.63) is 24.3 Å². The van der Waals surface area contributed by atoms with E-state index in [0.29, 0.717) is 12.4 Å². The molecule has 2 aromatic heterocycles. The lowest BCUT2D eigenvalue weighted by molar-refractivity contribution is -0.123. The van der Waals surface area contributed by atoms with Crippen molar-refractivity contribution in [3.63, 3.8) is 0 Å². The summed E-state index contributed by atoms with van der Waals surface area (Å²) in [5, 5.41) is 2.54. The summed E-state index contributed by atoms with van der Waals surface area (Å²) < 4.78 is 1.87. The van der Waals surface area contributed by atoms with Crippen molar-refractivity contribution in [2.24, 2.45) is 0 Å². The second kappa shape index (κ2) is 5.57. The van der Waals surface area contributed by atoms with Crippen LogP contribution in [-0.2, 0) is 4.79 Å². The minimum absolute atomic E-state index is 0.0443. The molecule has 1 amide bonds. The van der Waals surface area contributed by atoms with Gasteiger partial charge in [-0.25, -0.2) is 4.98 Å². The highest BCUT2D eigenvalue weighted by atomic mass is 35.5. The van der Waals surface area contributed by atoms with Crippen LogP contribution in [0.3, 0.4) is 0 Å². The van der Waals surface area contributed by atoms with Crippen molar-refractivity contribution in [3.8, 4) is 0 Å². The Bertz CT molecular complexity index is 593. The van der Waals surface area contributed by atoms with Crippen LogP contribution in [0.25, 0.3) is 11.0 Å². The Morgan fingerprint density at radius 3 is 2.89 bits per heavy atom. The Hall–Kier alpha value is -1.62. The number of nitrogens with zero attached hydrogens (tertiary/aromatic N) is 3. The third-order valence-corrected chi connectivity index (χ3v) is 3.19. The number of likely N-dealkylation sites (N-methyl/N-ethyl adjacent to an activating group) is 1. The van der Waals surface area contributed by atoms with E-state index >= 15 is 0 Å². The first-order valence-electron chi connectivity index (χ1n) is 6.29. The van der Waals surface area contributed by atoms with Gasteiger partial charge in [0.05, 0.1) is 17.1 Å². The van der Waals surface area contributed by atoms with Crippen LogP contribution in [0.15, 0.2) is 18.5 Å². The van der Waals surface area contributed by atoms with Crippen LogP contribution in [-0.4, -0.2) is 27.0 Å². The molecule has 0 saturated heterocycles. The number of rotatable bonds is 4. The molecular weight excluding hydrogens is 264 g/mol. The number of nitrogens with one attached hydrogen (secondary N) is 1. The summed E-state index contributed by atoms with van der Waals surface area (Å²) in [5.41, 5.74) is 1.62. The fraction of sp³-hybridized carbons (Fsp3) is 0.462. The molecule has 2 rings (SSSR count). The Kier molecular flexibility index (Phi) is 4.04. The molecule has 0 radical (unpaired) electrons. The average Bonchev–Trinajstić information content (AvgIpc) is 2.77. The maximum Gasteiger partial charge on any atom is 0.242 e. The maximum atomic E-state index is 12.0. The molecule has 102 valence electrons. The Morgan fingerprint density at radius 2 is 2.26 bits per heavy atom. The highest BCUT2D eigenvalue weighted by molar-refractivity contribution is 6.20. The summed E-state index contributed by atoms with van der Waals surface area (Å²) in [4.78, 5) is 20.6. The molecule has 6 heteroatoms. The van der Waals surface area contributed by atoms with E-state index in [1.165, 1.54) is 0 Å². The van der Waals surface area contributed by atoms with Crippen LogP contribution in [0, 0.1) is 0 Å². The minimum Gasteiger partial charge on any atom is -0.355 e. The van der Waals surface area contributed by atoms with Crippen LogP contribution < -0.4 is 5.32 Å². The van der Waals surface area contributed by atoms with Gasteiger partial charge in [0.25, 0.3) is 0 Å². The lowest BCUT2D eigenvalue weighted by Gasteiger charge is -2.17. The lowest BCUT2D eigenvalue weighted by atomic mass is 10.2. The highest BCUT2D eigenvalue weighted by Crippen LogP contribution is 2.27. The minimum atomic E-state index is -0.358. The molecule has 0 aliphatic rings. The summed E-state index contributed by atoms with van der Waals surface area (Å²) in [6.45, 7) is 6.18. The number of pyridine rings is 1. The number of carbonyl (C=O) groups excluding carboxylic acids is 1. The summed E-state index contributed by atoms with van der Waals surface area (Å²) >= 11 is 6.17. The Morgan fingerprint density at radius 1 is 1.53 bits per heavy atom. The second-order valence-corrected chi connectivity index (χ2v) is 5.05. The SMILES string of the molecule is CCNC(=O)C(C)n1c(C(C)Cl)nc2cnccc21. The smallest absolute Gasteiger partial charge is 0.242 e. The number of amides is 1. The van der Waals surface area contributed by atoms with Crippen LogP contribution in [0.2, 0.25) is 0 Å². The monoisotopic (exact) mass is 280 g/mol. The van der Waals surface area contributed by atoms with E-state index < -0.39 is 0 Å². The van der Waals surface area contributed by atoms with E-state index in [1.54, 1.807) is 12.4 Å². The molecule has 0 aliphatic carbocycles. The molecule has 2 heterocycles. The molecule has 0 bridgehead atoms. The number of aromatic nitrogens is 3. The van der Waals surface area contributed by atoms with Gasteiger partial charge in [-0.05, 0) is 26.8 Å². The van der Waals surface area contributed by atoms with Crippen molar-refractivity contribution in [2.45, 2.75) is 32.2 Å². The number of hydrogen-bond acceptors (Lipinski definition) is 3. The molecule has 2 atom stereocenters. The molecule has 0 spiro atoms. The van der Waals surface area contributed by atoms with Crippen molar-refractivity contribution in [2.75, 3.05) is 6.54 Å². The van der Waals surface area contributed by atoms with Crippen LogP contribution in [0.4, 0.5) is 0 Å². The number of carbonyl (C=O) groups is 1. The molecule has 0 fully saturated rings. The van der Waals surface area contributed by atoms with Crippen LogP contribution >= 0.6 is 11.6 Å². The van der Waals surface area contributed by atoms with Gasteiger partial charge in [-0.3, -0.25) is 9.78 Å². The van der Waals surface area contributed by atoms with Crippen molar-refractivity contribution in [1.82, 2.24) is 19.9 Å². The number of halogens is 1. The lowest BCUT2D eigenvalue weighted by Crippen LogP contribution is -2.31. The quantitative estimate of drug-likeness (QED) is 0.875. The first-order valence-corrected chi connectivity index (χ1v) is 6.73. The fourth-order valence-electron chi connectivity index (χ4n) is 2.10. The standard InChI is InChI=1S/C13H17ClN4O/c1-4-16-13(19)9(3)18-11-5-6-15-7-10(11)17-12(18)8(2)14/h5-9H,4H2,1-3H3,(H,16,19). The van der Waals surface area contributed by atoms with Gasteiger partial charge in [0.1, 0.15) is 17.4 Å². The molecular formula is C13H17ClN4O. The molecule has 1 N–H and O–H groups in total. The maximum absolute atomic E-state index is 12.0. The normalized spacial score (nSPS) is 14.3. The van der Waals surface area contributed by atoms with E-state index in [4.69, 9.17) is 11.6 Å². The molecule has 5 nitrogen and oxygen atoms in total. The van der Waals surface area contributed by atoms with Gasteiger partial charge in [-0.15, -0.1) is 11.6 Å². The van der Waals surface area contributed by atoms with Gasteiger partial charge in [0.2, 0.25) is 5.91 Å². The number of fused-ring (bicyclic) bond motifs is 1. The van der Waals surface area contributed by atoms with Crippen molar-refractivity contribution in [1.29, 1.82) is 0 Å².